The first-order chi connectivity index (χ1) is 33.0. The van der Waals surface area contributed by atoms with E-state index in [0.29, 0.717) is 6.42 Å². The van der Waals surface area contributed by atoms with Gasteiger partial charge >= 0.3 is 17.9 Å². The number of hydrogen-bond acceptors (Lipinski definition) is 13. The maximum atomic E-state index is 13.3. The summed E-state index contributed by atoms with van der Waals surface area (Å²) < 4.78 is 23.3. The molecule has 18 heteroatoms. The summed E-state index contributed by atoms with van der Waals surface area (Å²) in [6, 6.07) is -3.58. The second-order valence-corrected chi connectivity index (χ2v) is 19.5. The van der Waals surface area contributed by atoms with E-state index in [0.717, 1.165) is 51.4 Å². The van der Waals surface area contributed by atoms with Crippen LogP contribution in [0.15, 0.2) is 0 Å². The van der Waals surface area contributed by atoms with Crippen molar-refractivity contribution in [2.75, 3.05) is 6.61 Å². The summed E-state index contributed by atoms with van der Waals surface area (Å²) in [4.78, 5) is 87.3. The minimum Gasteiger partial charge on any atom is -0.481 e. The number of unbranched alkanes of at least 4 members (excludes halogenated alkanes) is 22. The number of aliphatic carboxylic acids is 1. The normalized spacial score (nSPS) is 19.7. The summed E-state index contributed by atoms with van der Waals surface area (Å²) in [6.07, 6.45) is 22.1. The molecule has 7 N–H and O–H groups in total. The van der Waals surface area contributed by atoms with E-state index < -0.39 is 103 Å². The molecule has 0 aromatic rings. The molecule has 17 nitrogen and oxygen atoms in total. The fourth-order valence-electron chi connectivity index (χ4n) is 8.36. The Morgan fingerprint density at radius 2 is 1.16 bits per heavy atom. The van der Waals surface area contributed by atoms with Gasteiger partial charge in [0.1, 0.15) is 54.6 Å². The summed E-state index contributed by atoms with van der Waals surface area (Å²) in [5.74, 6) is -5.25. The predicted molar refractivity (Wildman–Crippen MR) is 268 cm³/mol. The number of ether oxygens (including phenoxy) is 4. The third-order valence-electron chi connectivity index (χ3n) is 12.6. The summed E-state index contributed by atoms with van der Waals surface area (Å²) >= 11 is 4.48. The standard InChI is InChI=1S/C51H92N4O13S/c1-6-8-10-12-14-16-18-19-21-23-25-27-29-31-43(59)67-39(30-28-26-24-22-20-17-15-13-11-9-7-2)34-44(60)65-35-41-46(61)47(45(51(69)68-41)54-38(5)56)66-37(4)50(64)53-36(3)49(63)55-40(48(52)62)32-33-42(57)58/h36-37,39-41,45-47,51,61,69H,6-35H2,1-5H3,(H2,52,62)(H,53,64)(H,54,56)(H,55,63)(H,57,58)/t36-,37?,39+,40+,41+,45+,46+,47-,51-/m0/s1. The fourth-order valence-corrected chi connectivity index (χ4v) is 8.76. The molecule has 69 heavy (non-hydrogen) atoms. The highest BCUT2D eigenvalue weighted by Crippen LogP contribution is 2.28. The van der Waals surface area contributed by atoms with Crippen molar-refractivity contribution in [1.82, 2.24) is 16.0 Å². The number of carboxylic acid groups (broad SMARTS) is 1. The molecule has 0 saturated carbocycles. The molecule has 400 valence electrons. The Kier molecular flexibility index (Phi) is 36.1. The largest absolute Gasteiger partial charge is 0.481 e. The minimum atomic E-state index is -1.55. The number of carbonyl (C=O) groups excluding carboxylic acids is 6. The zero-order valence-electron chi connectivity index (χ0n) is 42.8. The lowest BCUT2D eigenvalue weighted by molar-refractivity contribution is -0.204. The van der Waals surface area contributed by atoms with Gasteiger partial charge in [-0.2, -0.15) is 0 Å². The van der Waals surface area contributed by atoms with Crippen LogP contribution in [-0.2, 0) is 52.5 Å². The Bertz CT molecular complexity index is 1470. The number of rotatable bonds is 42. The average Bonchev–Trinajstić information content (AvgIpc) is 3.29. The van der Waals surface area contributed by atoms with Crippen LogP contribution in [0.4, 0.5) is 0 Å². The van der Waals surface area contributed by atoms with E-state index in [4.69, 9.17) is 29.8 Å². The van der Waals surface area contributed by atoms with Crippen LogP contribution in [0.2, 0.25) is 0 Å². The van der Waals surface area contributed by atoms with Crippen molar-refractivity contribution in [3.63, 3.8) is 0 Å². The fraction of sp³-hybridized carbons (Fsp3) is 0.863. The van der Waals surface area contributed by atoms with Crippen LogP contribution in [0.1, 0.15) is 221 Å². The van der Waals surface area contributed by atoms with E-state index in [2.05, 4.69) is 42.4 Å². The molecule has 0 radical (unpaired) electrons. The van der Waals surface area contributed by atoms with Gasteiger partial charge < -0.3 is 50.8 Å². The van der Waals surface area contributed by atoms with Crippen LogP contribution in [-0.4, -0.2) is 112 Å². The Hall–Kier alpha value is -3.48. The van der Waals surface area contributed by atoms with Gasteiger partial charge in [0.2, 0.25) is 23.6 Å². The Morgan fingerprint density at radius 1 is 0.667 bits per heavy atom. The van der Waals surface area contributed by atoms with Crippen molar-refractivity contribution in [1.29, 1.82) is 0 Å². The minimum absolute atomic E-state index is 0.188. The highest BCUT2D eigenvalue weighted by Gasteiger charge is 2.47. The first-order valence-electron chi connectivity index (χ1n) is 26.4. The van der Waals surface area contributed by atoms with Gasteiger partial charge in [-0.1, -0.05) is 155 Å². The van der Waals surface area contributed by atoms with E-state index in [1.807, 2.05) is 0 Å². The molecule has 0 aromatic carbocycles. The van der Waals surface area contributed by atoms with Crippen molar-refractivity contribution >= 4 is 54.2 Å². The van der Waals surface area contributed by atoms with Gasteiger partial charge in [-0.3, -0.25) is 33.6 Å². The zero-order chi connectivity index (χ0) is 51.4. The van der Waals surface area contributed by atoms with Crippen molar-refractivity contribution in [3.8, 4) is 0 Å². The molecule has 1 saturated heterocycles. The van der Waals surface area contributed by atoms with Gasteiger partial charge in [0.05, 0.1) is 12.5 Å². The summed E-state index contributed by atoms with van der Waals surface area (Å²) in [7, 11) is 0. The molecule has 1 heterocycles. The van der Waals surface area contributed by atoms with E-state index in [-0.39, 0.29) is 25.2 Å². The van der Waals surface area contributed by atoms with Crippen LogP contribution < -0.4 is 21.7 Å². The van der Waals surface area contributed by atoms with Gasteiger partial charge in [-0.15, -0.1) is 12.6 Å². The van der Waals surface area contributed by atoms with Gasteiger partial charge in [-0.25, -0.2) is 0 Å². The number of nitrogens with one attached hydrogen (secondary N) is 3. The number of aliphatic hydroxyl groups excluding tert-OH is 1. The van der Waals surface area contributed by atoms with Gasteiger partial charge in [-0.05, 0) is 39.5 Å². The van der Waals surface area contributed by atoms with Crippen molar-refractivity contribution < 1.29 is 62.7 Å². The van der Waals surface area contributed by atoms with E-state index in [1.165, 1.54) is 124 Å². The number of carboxylic acids is 1. The Morgan fingerprint density at radius 3 is 1.64 bits per heavy atom. The molecule has 4 amide bonds. The molecule has 1 aliphatic heterocycles. The number of carbonyl (C=O) groups is 7. The molecular formula is C51H92N4O13S. The molecule has 0 aliphatic carbocycles. The third kappa shape index (κ3) is 30.8. The number of hydrogen-bond donors (Lipinski definition) is 7. The summed E-state index contributed by atoms with van der Waals surface area (Å²) in [5.41, 5.74) is 4.23. The molecule has 1 aliphatic rings. The second kappa shape index (κ2) is 39.2. The summed E-state index contributed by atoms with van der Waals surface area (Å²) in [5, 5.41) is 27.8. The number of esters is 2. The van der Waals surface area contributed by atoms with Crippen molar-refractivity contribution in [2.24, 2.45) is 5.73 Å². The molecule has 1 rings (SSSR count). The molecule has 1 unspecified atom stereocenters. The van der Waals surface area contributed by atoms with E-state index in [9.17, 15) is 38.7 Å². The monoisotopic (exact) mass is 1000 g/mol. The molecule has 0 spiro atoms. The molecule has 0 aromatic heterocycles. The van der Waals surface area contributed by atoms with Gasteiger partial charge in [0, 0.05) is 19.8 Å². The van der Waals surface area contributed by atoms with Crippen molar-refractivity contribution in [3.05, 3.63) is 0 Å². The van der Waals surface area contributed by atoms with Crippen LogP contribution in [0.3, 0.4) is 0 Å². The first-order valence-corrected chi connectivity index (χ1v) is 26.9. The SMILES string of the molecule is CCCCCCCCCCCCCCCC(=O)O[C@H](CCCCCCCCCCCCC)CC(=O)OC[C@H]1O[C@@H](S)[C@H](NC(C)=O)[C@H](OC(C)C(=O)N[C@@H](C)C(=O)N[C@H](CCC(=O)O)C(N)=O)[C@@H]1O. The Balaban J connectivity index is 2.84. The number of aliphatic hydroxyl groups is 1. The number of thiol groups is 1. The maximum absolute atomic E-state index is 13.3. The second-order valence-electron chi connectivity index (χ2n) is 19.0. The zero-order valence-corrected chi connectivity index (χ0v) is 43.7. The maximum Gasteiger partial charge on any atom is 0.309 e. The first kappa shape index (κ1) is 63.5. The van der Waals surface area contributed by atoms with Crippen LogP contribution >= 0.6 is 12.6 Å². The lowest BCUT2D eigenvalue weighted by Crippen LogP contribution is -2.64. The molecule has 1 fully saturated rings. The summed E-state index contributed by atoms with van der Waals surface area (Å²) in [6.45, 7) is 7.93. The Labute approximate surface area is 418 Å². The number of primary amides is 1. The van der Waals surface area contributed by atoms with Crippen LogP contribution in [0.5, 0.6) is 0 Å². The van der Waals surface area contributed by atoms with Crippen LogP contribution in [0, 0.1) is 0 Å². The molecule has 9 atom stereocenters. The lowest BCUT2D eigenvalue weighted by Gasteiger charge is -2.43. The smallest absolute Gasteiger partial charge is 0.309 e. The highest BCUT2D eigenvalue weighted by atomic mass is 32.1. The highest BCUT2D eigenvalue weighted by molar-refractivity contribution is 7.80. The topological polar surface area (TPSA) is 259 Å². The van der Waals surface area contributed by atoms with Gasteiger partial charge in [0.15, 0.2) is 0 Å². The lowest BCUT2D eigenvalue weighted by atomic mass is 9.97. The average molecular weight is 1000 g/mol. The van der Waals surface area contributed by atoms with E-state index >= 15 is 0 Å². The number of amides is 4. The third-order valence-corrected chi connectivity index (χ3v) is 13.0. The van der Waals surface area contributed by atoms with Crippen molar-refractivity contribution in [2.45, 2.75) is 275 Å². The van der Waals surface area contributed by atoms with Gasteiger partial charge in [0.25, 0.3) is 0 Å². The molecule has 0 bridgehead atoms. The van der Waals surface area contributed by atoms with Crippen LogP contribution in [0.25, 0.3) is 0 Å². The quantitative estimate of drug-likeness (QED) is 0.0176. The molecular weight excluding hydrogens is 909 g/mol. The number of nitrogens with two attached hydrogens (primary N) is 1. The van der Waals surface area contributed by atoms with E-state index in [1.54, 1.807) is 0 Å². The predicted octanol–water partition coefficient (Wildman–Crippen LogP) is 7.65.